The summed E-state index contributed by atoms with van der Waals surface area (Å²) < 4.78 is 0. The zero-order valence-electron chi connectivity index (χ0n) is 11.3. The number of rotatable bonds is 6. The molecule has 0 atom stereocenters. The van der Waals surface area contributed by atoms with E-state index in [4.69, 9.17) is 0 Å². The lowest BCUT2D eigenvalue weighted by atomic mass is 10.1. The van der Waals surface area contributed by atoms with Crippen LogP contribution in [0.2, 0.25) is 0 Å². The lowest BCUT2D eigenvalue weighted by Crippen LogP contribution is -1.81. The zero-order chi connectivity index (χ0) is 13.4. The Hall–Kier alpha value is -1.21. The first kappa shape index (κ1) is 15.8. The van der Waals surface area contributed by atoms with Gasteiger partial charge in [0.2, 0.25) is 0 Å². The Bertz CT molecular complexity index is 399. The van der Waals surface area contributed by atoms with E-state index in [1.165, 1.54) is 11.1 Å². The number of allylic oxidation sites excluding steroid dienone is 7. The predicted molar refractivity (Wildman–Crippen MR) is 83.0 cm³/mol. The van der Waals surface area contributed by atoms with Crippen LogP contribution in [0.1, 0.15) is 27.7 Å². The summed E-state index contributed by atoms with van der Waals surface area (Å²) in [5.74, 6) is 0. The van der Waals surface area contributed by atoms with E-state index in [-0.39, 0.29) is 0 Å². The molecule has 0 aromatic rings. The first-order valence-corrected chi connectivity index (χ1v) is 6.42. The van der Waals surface area contributed by atoms with Gasteiger partial charge >= 0.3 is 0 Å². The standard InChI is InChI=1S/C16H22S/c1-8-9-16(10-12(2)3)15(7)17-11-14(6)13(4)5/h8-11H,1,4,7H2,2-3,5-6H3/b14-11+,16-9+. The quantitative estimate of drug-likeness (QED) is 0.534. The Morgan fingerprint density at radius 2 is 1.65 bits per heavy atom. The van der Waals surface area contributed by atoms with Crippen LogP contribution in [-0.4, -0.2) is 0 Å². The summed E-state index contributed by atoms with van der Waals surface area (Å²) in [7, 11) is 0. The van der Waals surface area contributed by atoms with Crippen molar-refractivity contribution in [2.45, 2.75) is 27.7 Å². The monoisotopic (exact) mass is 246 g/mol. The average Bonchev–Trinajstić information content (AvgIpc) is 2.23. The van der Waals surface area contributed by atoms with Crippen LogP contribution in [0.15, 0.2) is 70.6 Å². The van der Waals surface area contributed by atoms with Gasteiger partial charge in [0.1, 0.15) is 0 Å². The van der Waals surface area contributed by atoms with Gasteiger partial charge in [-0.05, 0) is 44.2 Å². The molecule has 0 bridgehead atoms. The highest BCUT2D eigenvalue weighted by molar-refractivity contribution is 8.06. The van der Waals surface area contributed by atoms with Gasteiger partial charge in [0.05, 0.1) is 0 Å². The molecule has 0 unspecified atom stereocenters. The van der Waals surface area contributed by atoms with Crippen molar-refractivity contribution < 1.29 is 0 Å². The van der Waals surface area contributed by atoms with Gasteiger partial charge in [-0.2, -0.15) is 0 Å². The Morgan fingerprint density at radius 1 is 1.06 bits per heavy atom. The molecular weight excluding hydrogens is 224 g/mol. The van der Waals surface area contributed by atoms with Gasteiger partial charge in [-0.25, -0.2) is 0 Å². The third-order valence-electron chi connectivity index (χ3n) is 2.11. The molecule has 0 amide bonds. The molecule has 92 valence electrons. The van der Waals surface area contributed by atoms with E-state index in [0.29, 0.717) is 0 Å². The molecule has 0 aliphatic heterocycles. The maximum absolute atomic E-state index is 4.09. The number of hydrogen-bond donors (Lipinski definition) is 0. The summed E-state index contributed by atoms with van der Waals surface area (Å²) in [6.07, 6.45) is 5.88. The minimum absolute atomic E-state index is 1.02. The Balaban J connectivity index is 4.85. The second kappa shape index (κ2) is 7.97. The van der Waals surface area contributed by atoms with Crippen LogP contribution in [0.3, 0.4) is 0 Å². The van der Waals surface area contributed by atoms with Gasteiger partial charge < -0.3 is 0 Å². The van der Waals surface area contributed by atoms with Gasteiger partial charge in [0.15, 0.2) is 0 Å². The van der Waals surface area contributed by atoms with Crippen molar-refractivity contribution in [1.29, 1.82) is 0 Å². The van der Waals surface area contributed by atoms with E-state index in [9.17, 15) is 0 Å². The number of hydrogen-bond acceptors (Lipinski definition) is 1. The second-order valence-electron chi connectivity index (χ2n) is 4.20. The minimum Gasteiger partial charge on any atom is -0.0990 e. The van der Waals surface area contributed by atoms with Crippen LogP contribution >= 0.6 is 11.8 Å². The molecular formula is C16H22S. The van der Waals surface area contributed by atoms with Crippen molar-refractivity contribution in [2.75, 3.05) is 0 Å². The molecule has 1 heteroatoms. The highest BCUT2D eigenvalue weighted by Crippen LogP contribution is 2.27. The molecule has 0 fully saturated rings. The maximum Gasteiger partial charge on any atom is 0.0116 e. The summed E-state index contributed by atoms with van der Waals surface area (Å²) >= 11 is 1.62. The predicted octanol–water partition coefficient (Wildman–Crippen LogP) is 5.79. The first-order chi connectivity index (χ1) is 7.88. The SMILES string of the molecule is C=C/C=C(\C=C(C)C)C(=C)S/C=C(\C)C(=C)C. The summed E-state index contributed by atoms with van der Waals surface area (Å²) in [4.78, 5) is 1.02. The lowest BCUT2D eigenvalue weighted by molar-refractivity contribution is 1.37. The maximum atomic E-state index is 4.09. The number of thioether (sulfide) groups is 1. The van der Waals surface area contributed by atoms with Gasteiger partial charge in [0, 0.05) is 4.91 Å². The molecule has 0 nitrogen and oxygen atoms in total. The third-order valence-corrected chi connectivity index (χ3v) is 3.11. The Morgan fingerprint density at radius 3 is 2.06 bits per heavy atom. The van der Waals surface area contributed by atoms with Crippen molar-refractivity contribution in [2.24, 2.45) is 0 Å². The Kier molecular flexibility index (Phi) is 7.40. The van der Waals surface area contributed by atoms with E-state index in [1.807, 2.05) is 13.0 Å². The fraction of sp³-hybridized carbons (Fsp3) is 0.250. The van der Waals surface area contributed by atoms with E-state index in [0.717, 1.165) is 16.1 Å². The topological polar surface area (TPSA) is 0 Å². The summed E-state index contributed by atoms with van der Waals surface area (Å²) in [5, 5.41) is 2.08. The van der Waals surface area contributed by atoms with E-state index >= 15 is 0 Å². The molecule has 0 aliphatic rings. The van der Waals surface area contributed by atoms with Crippen molar-refractivity contribution in [1.82, 2.24) is 0 Å². The van der Waals surface area contributed by atoms with Crippen molar-refractivity contribution in [3.63, 3.8) is 0 Å². The normalized spacial score (nSPS) is 12.0. The highest BCUT2D eigenvalue weighted by atomic mass is 32.2. The zero-order valence-corrected chi connectivity index (χ0v) is 12.2. The van der Waals surface area contributed by atoms with Crippen LogP contribution < -0.4 is 0 Å². The average molecular weight is 246 g/mol. The minimum atomic E-state index is 1.02. The smallest absolute Gasteiger partial charge is 0.0116 e. The summed E-state index contributed by atoms with van der Waals surface area (Å²) in [6, 6.07) is 0. The molecule has 0 aromatic heterocycles. The molecule has 0 rings (SSSR count). The molecule has 0 saturated carbocycles. The fourth-order valence-electron chi connectivity index (χ4n) is 0.988. The molecule has 0 N–H and O–H groups in total. The van der Waals surface area contributed by atoms with Crippen LogP contribution in [0.5, 0.6) is 0 Å². The first-order valence-electron chi connectivity index (χ1n) is 5.54. The van der Waals surface area contributed by atoms with Crippen LogP contribution in [0, 0.1) is 0 Å². The summed E-state index contributed by atoms with van der Waals surface area (Å²) in [6.45, 7) is 19.9. The van der Waals surface area contributed by atoms with Crippen LogP contribution in [0.25, 0.3) is 0 Å². The molecule has 0 saturated heterocycles. The van der Waals surface area contributed by atoms with Gasteiger partial charge in [-0.15, -0.1) is 0 Å². The van der Waals surface area contributed by atoms with Gasteiger partial charge in [-0.3, -0.25) is 0 Å². The largest absolute Gasteiger partial charge is 0.0990 e. The van der Waals surface area contributed by atoms with E-state index < -0.39 is 0 Å². The Labute approximate surface area is 110 Å². The van der Waals surface area contributed by atoms with Crippen molar-refractivity contribution in [3.05, 3.63) is 70.6 Å². The molecule has 0 spiro atoms. The third kappa shape index (κ3) is 6.85. The van der Waals surface area contributed by atoms with Crippen LogP contribution in [0.4, 0.5) is 0 Å². The van der Waals surface area contributed by atoms with Gasteiger partial charge in [0.25, 0.3) is 0 Å². The fourth-order valence-corrected chi connectivity index (χ4v) is 1.77. The van der Waals surface area contributed by atoms with E-state index in [1.54, 1.807) is 17.8 Å². The molecule has 0 radical (unpaired) electrons. The van der Waals surface area contributed by atoms with Crippen LogP contribution in [-0.2, 0) is 0 Å². The molecule has 0 heterocycles. The second-order valence-corrected chi connectivity index (χ2v) is 5.17. The van der Waals surface area contributed by atoms with Crippen molar-refractivity contribution in [3.8, 4) is 0 Å². The molecule has 0 aromatic carbocycles. The molecule has 17 heavy (non-hydrogen) atoms. The van der Waals surface area contributed by atoms with Gasteiger partial charge in [-0.1, -0.05) is 60.9 Å². The molecule has 0 aliphatic carbocycles. The summed E-state index contributed by atoms with van der Waals surface area (Å²) in [5.41, 5.74) is 4.63. The van der Waals surface area contributed by atoms with E-state index in [2.05, 4.69) is 52.0 Å². The lowest BCUT2D eigenvalue weighted by Gasteiger charge is -2.05. The van der Waals surface area contributed by atoms with Crippen molar-refractivity contribution >= 4 is 11.8 Å². The highest BCUT2D eigenvalue weighted by Gasteiger charge is 1.99.